The second-order valence-corrected chi connectivity index (χ2v) is 14.7. The summed E-state index contributed by atoms with van der Waals surface area (Å²) in [5, 5.41) is 34.5. The summed E-state index contributed by atoms with van der Waals surface area (Å²) >= 11 is 12.3. The average molecular weight is 692 g/mol. The number of aromatic nitrogens is 2. The number of rotatable bonds is 12. The molecule has 2 heterocycles. The molecule has 0 radical (unpaired) electrons. The molecular formula is C34H42Cl2F2N6O3. The SMILES string of the molecule is CNC[C@H](O)COC(C)(C)Cn1ccc(NC(=O)[C@@H]2N[C@@H](CC(C)(C)C)[C@](C#N)(c3ccc(Cl)cc3F)[C@H]2c2cccc(Cl)c2F)n1. The Hall–Kier alpha value is -3.11. The molecule has 47 heavy (non-hydrogen) atoms. The Morgan fingerprint density at radius 3 is 2.57 bits per heavy atom. The molecule has 1 fully saturated rings. The third-order valence-electron chi connectivity index (χ3n) is 8.27. The van der Waals surface area contributed by atoms with Gasteiger partial charge < -0.3 is 25.8 Å². The number of nitrogens with one attached hydrogen (secondary N) is 3. The fourth-order valence-electron chi connectivity index (χ4n) is 6.33. The van der Waals surface area contributed by atoms with Crippen LogP contribution in [0, 0.1) is 28.4 Å². The normalized spacial score (nSPS) is 22.2. The number of ether oxygens (including phenoxy) is 1. The Bertz CT molecular complexity index is 1620. The van der Waals surface area contributed by atoms with Crippen LogP contribution in [0.1, 0.15) is 58.1 Å². The highest BCUT2D eigenvalue weighted by Crippen LogP contribution is 2.52. The molecule has 1 amide bonds. The molecule has 254 valence electrons. The molecule has 1 aliphatic rings. The summed E-state index contributed by atoms with van der Waals surface area (Å²) in [5.41, 5.74) is -2.81. The molecule has 2 aromatic carbocycles. The van der Waals surface area contributed by atoms with Crippen LogP contribution in [0.4, 0.5) is 14.6 Å². The number of anilines is 1. The van der Waals surface area contributed by atoms with Crippen molar-refractivity contribution >= 4 is 34.9 Å². The van der Waals surface area contributed by atoms with Crippen molar-refractivity contribution in [2.45, 2.75) is 82.7 Å². The smallest absolute Gasteiger partial charge is 0.243 e. The van der Waals surface area contributed by atoms with Gasteiger partial charge in [-0.3, -0.25) is 9.48 Å². The Labute approximate surface area is 284 Å². The quantitative estimate of drug-likeness (QED) is 0.189. The molecule has 0 unspecified atom stereocenters. The highest BCUT2D eigenvalue weighted by molar-refractivity contribution is 6.31. The minimum Gasteiger partial charge on any atom is -0.389 e. The van der Waals surface area contributed by atoms with E-state index in [1.807, 2.05) is 34.6 Å². The minimum atomic E-state index is -1.74. The van der Waals surface area contributed by atoms with Crippen LogP contribution in [0.2, 0.25) is 10.0 Å². The Morgan fingerprint density at radius 1 is 1.21 bits per heavy atom. The van der Waals surface area contributed by atoms with Gasteiger partial charge >= 0.3 is 0 Å². The van der Waals surface area contributed by atoms with Gasteiger partial charge in [0.05, 0.1) is 42.0 Å². The molecule has 5 atom stereocenters. The predicted octanol–water partition coefficient (Wildman–Crippen LogP) is 5.80. The number of halogens is 4. The summed E-state index contributed by atoms with van der Waals surface area (Å²) < 4.78 is 39.2. The molecule has 1 aromatic heterocycles. The van der Waals surface area contributed by atoms with Crippen molar-refractivity contribution in [3.05, 3.63) is 81.5 Å². The van der Waals surface area contributed by atoms with E-state index in [0.717, 1.165) is 6.07 Å². The van der Waals surface area contributed by atoms with E-state index >= 15 is 8.78 Å². The number of benzene rings is 2. The summed E-state index contributed by atoms with van der Waals surface area (Å²) in [7, 11) is 1.74. The Morgan fingerprint density at radius 2 is 1.94 bits per heavy atom. The zero-order valence-electron chi connectivity index (χ0n) is 27.4. The van der Waals surface area contributed by atoms with E-state index in [1.165, 1.54) is 30.3 Å². The molecule has 4 rings (SSSR count). The third kappa shape index (κ3) is 8.31. The molecule has 13 heteroatoms. The van der Waals surface area contributed by atoms with Crippen molar-refractivity contribution in [1.29, 1.82) is 5.26 Å². The van der Waals surface area contributed by atoms with Gasteiger partial charge in [0.15, 0.2) is 5.82 Å². The van der Waals surface area contributed by atoms with Crippen molar-refractivity contribution in [1.82, 2.24) is 20.4 Å². The van der Waals surface area contributed by atoms with Crippen molar-refractivity contribution < 1.29 is 23.4 Å². The van der Waals surface area contributed by atoms with E-state index in [2.05, 4.69) is 27.1 Å². The molecule has 0 saturated carbocycles. The fraction of sp³-hybridized carbons (Fsp3) is 0.500. The number of nitriles is 1. The molecule has 4 N–H and O–H groups in total. The maximum absolute atomic E-state index is 15.9. The van der Waals surface area contributed by atoms with E-state index in [0.29, 0.717) is 19.5 Å². The van der Waals surface area contributed by atoms with Crippen LogP contribution >= 0.6 is 23.2 Å². The summed E-state index contributed by atoms with van der Waals surface area (Å²) in [6.07, 6.45) is 1.34. The van der Waals surface area contributed by atoms with Crippen molar-refractivity contribution in [2.24, 2.45) is 5.41 Å². The zero-order chi connectivity index (χ0) is 34.7. The van der Waals surface area contributed by atoms with Gasteiger partial charge in [-0.1, -0.05) is 62.2 Å². The zero-order valence-corrected chi connectivity index (χ0v) is 28.9. The topological polar surface area (TPSA) is 124 Å². The van der Waals surface area contributed by atoms with Crippen molar-refractivity contribution in [3.63, 3.8) is 0 Å². The lowest BCUT2D eigenvalue weighted by atomic mass is 9.62. The van der Waals surface area contributed by atoms with Gasteiger partial charge in [-0.25, -0.2) is 8.78 Å². The number of carbonyl (C=O) groups excluding carboxylic acids is 1. The molecule has 0 bridgehead atoms. The van der Waals surface area contributed by atoms with Crippen LogP contribution < -0.4 is 16.0 Å². The standard InChI is InChI=1S/C34H42Cl2F2N6O3/c1-32(2,3)15-26-34(18-39,23-11-10-20(35)14-25(23)37)28(22-8-7-9-24(36)29(22)38)30(41-26)31(46)42-27-12-13-44(43-27)19-33(4,5)47-17-21(45)16-40-6/h7-14,21,26,28,30,40-41,45H,15-17,19H2,1-6H3,(H,42,43,46)/t21-,26-,28-,30+,34-/m0/s1. The van der Waals surface area contributed by atoms with Crippen LogP contribution in [-0.4, -0.2) is 64.8 Å². The first-order chi connectivity index (χ1) is 22.0. The van der Waals surface area contributed by atoms with Crippen LogP contribution in [0.5, 0.6) is 0 Å². The number of aliphatic hydroxyl groups excluding tert-OH is 1. The first kappa shape index (κ1) is 36.7. The third-order valence-corrected chi connectivity index (χ3v) is 8.80. The van der Waals surface area contributed by atoms with E-state index in [1.54, 1.807) is 24.0 Å². The monoisotopic (exact) mass is 690 g/mol. The van der Waals surface area contributed by atoms with Gasteiger partial charge in [0.25, 0.3) is 0 Å². The highest BCUT2D eigenvalue weighted by atomic mass is 35.5. The second-order valence-electron chi connectivity index (χ2n) is 13.9. The minimum absolute atomic E-state index is 0.00217. The van der Waals surface area contributed by atoms with Crippen molar-refractivity contribution in [3.8, 4) is 6.07 Å². The van der Waals surface area contributed by atoms with Crippen LogP contribution in [0.15, 0.2) is 48.7 Å². The number of hydrogen-bond donors (Lipinski definition) is 4. The number of likely N-dealkylation sites (N-methyl/N-ethyl adjacent to an activating group) is 1. The van der Waals surface area contributed by atoms with Crippen molar-refractivity contribution in [2.75, 3.05) is 25.5 Å². The van der Waals surface area contributed by atoms with E-state index in [4.69, 9.17) is 27.9 Å². The molecule has 0 spiro atoms. The predicted molar refractivity (Wildman–Crippen MR) is 178 cm³/mol. The maximum Gasteiger partial charge on any atom is 0.243 e. The molecular weight excluding hydrogens is 649 g/mol. The lowest BCUT2D eigenvalue weighted by Gasteiger charge is -2.37. The van der Waals surface area contributed by atoms with Gasteiger partial charge in [-0.05, 0) is 56.5 Å². The Kier molecular flexibility index (Phi) is 11.4. The van der Waals surface area contributed by atoms with Gasteiger partial charge in [-0.15, -0.1) is 0 Å². The van der Waals surface area contributed by atoms with Crippen LogP contribution in [-0.2, 0) is 21.5 Å². The van der Waals surface area contributed by atoms with Gasteiger partial charge in [-0.2, -0.15) is 10.4 Å². The molecule has 9 nitrogen and oxygen atoms in total. The summed E-state index contributed by atoms with van der Waals surface area (Å²) in [6, 6.07) is 10.4. The number of hydrogen-bond acceptors (Lipinski definition) is 7. The van der Waals surface area contributed by atoms with E-state index < -0.39 is 52.7 Å². The first-order valence-electron chi connectivity index (χ1n) is 15.4. The molecule has 1 aliphatic heterocycles. The molecule has 1 saturated heterocycles. The van der Waals surface area contributed by atoms with Gasteiger partial charge in [0.2, 0.25) is 5.91 Å². The first-order valence-corrected chi connectivity index (χ1v) is 16.1. The highest BCUT2D eigenvalue weighted by Gasteiger charge is 2.61. The fourth-order valence-corrected chi connectivity index (χ4v) is 6.67. The maximum atomic E-state index is 15.9. The second kappa shape index (κ2) is 14.6. The lowest BCUT2D eigenvalue weighted by molar-refractivity contribution is -0.118. The lowest BCUT2D eigenvalue weighted by Crippen LogP contribution is -2.45. The number of aliphatic hydroxyl groups is 1. The summed E-state index contributed by atoms with van der Waals surface area (Å²) in [4.78, 5) is 14.2. The number of amides is 1. The Balaban J connectivity index is 1.73. The average Bonchev–Trinajstić information content (AvgIpc) is 3.54. The molecule has 3 aromatic rings. The number of nitrogens with zero attached hydrogens (tertiary/aromatic N) is 3. The van der Waals surface area contributed by atoms with E-state index in [-0.39, 0.29) is 39.0 Å². The largest absolute Gasteiger partial charge is 0.389 e. The number of carbonyl (C=O) groups is 1. The van der Waals surface area contributed by atoms with Crippen LogP contribution in [0.3, 0.4) is 0 Å². The van der Waals surface area contributed by atoms with Crippen LogP contribution in [0.25, 0.3) is 0 Å². The summed E-state index contributed by atoms with van der Waals surface area (Å²) in [6.45, 7) is 10.4. The van der Waals surface area contributed by atoms with E-state index in [9.17, 15) is 15.2 Å². The van der Waals surface area contributed by atoms with Gasteiger partial charge in [0, 0.05) is 41.4 Å². The van der Waals surface area contributed by atoms with Gasteiger partial charge in [0.1, 0.15) is 17.0 Å². The molecule has 0 aliphatic carbocycles. The summed E-state index contributed by atoms with van der Waals surface area (Å²) in [5.74, 6) is -3.11.